The van der Waals surface area contributed by atoms with E-state index >= 15 is 0 Å². The molecule has 1 heterocycles. The van der Waals surface area contributed by atoms with Crippen LogP contribution < -0.4 is 15.9 Å². The molecule has 0 aliphatic heterocycles. The second kappa shape index (κ2) is 9.97. The molecule has 0 radical (unpaired) electrons. The summed E-state index contributed by atoms with van der Waals surface area (Å²) in [6.07, 6.45) is -4.97. The van der Waals surface area contributed by atoms with E-state index in [0.717, 1.165) is 16.8 Å². The van der Waals surface area contributed by atoms with E-state index in [4.69, 9.17) is 4.74 Å². The van der Waals surface area contributed by atoms with E-state index < -0.39 is 31.4 Å². The number of anilines is 2. The number of nitrogens with one attached hydrogen (secondary N) is 2. The molecule has 3 rings (SSSR count). The van der Waals surface area contributed by atoms with Crippen LogP contribution in [0.15, 0.2) is 30.3 Å². The highest BCUT2D eigenvalue weighted by Gasteiger charge is 2.32. The van der Waals surface area contributed by atoms with E-state index in [1.807, 2.05) is 6.07 Å². The lowest BCUT2D eigenvalue weighted by molar-refractivity contribution is -0.138. The smallest absolute Gasteiger partial charge is 0.416 e. The Morgan fingerprint density at radius 2 is 1.77 bits per heavy atom. The molecule has 0 bridgehead atoms. The fourth-order valence-electron chi connectivity index (χ4n) is 3.66. The molecule has 35 heavy (non-hydrogen) atoms. The van der Waals surface area contributed by atoms with Gasteiger partial charge in [-0.2, -0.15) is 13.2 Å². The maximum atomic E-state index is 13.3. The van der Waals surface area contributed by atoms with E-state index in [1.165, 1.54) is 13.0 Å². The number of halogens is 3. The number of hydrogen-bond acceptors (Lipinski definition) is 5. The van der Waals surface area contributed by atoms with E-state index in [2.05, 4.69) is 33.9 Å². The van der Waals surface area contributed by atoms with Crippen molar-refractivity contribution in [3.63, 3.8) is 0 Å². The molecule has 0 saturated carbocycles. The Labute approximate surface area is 204 Å². The molecule has 10 heteroatoms. The number of carbonyl (C=O) groups is 1. The van der Waals surface area contributed by atoms with Gasteiger partial charge >= 0.3 is 12.3 Å². The van der Waals surface area contributed by atoms with Gasteiger partial charge in [-0.25, -0.2) is 14.8 Å². The number of hydrogen-bond donors (Lipinski definition) is 2. The molecule has 3 aromatic rings. The standard InChI is InChI=1S/C25H30F3N4O2P/c1-14-16(9-8-10-18(14)25(26,27)28)13-29-22-17-11-21(35(6)7)20(12-19(17)30-15(2)31-22)32-23(33)34-24(3,4)5/h8-12H,13H2,1-7H3,(H,32,33)(H,29,30,31). The van der Waals surface area contributed by atoms with Gasteiger partial charge < -0.3 is 10.1 Å². The van der Waals surface area contributed by atoms with Crippen molar-refractivity contribution in [1.82, 2.24) is 9.97 Å². The van der Waals surface area contributed by atoms with Gasteiger partial charge in [0.1, 0.15) is 17.2 Å². The summed E-state index contributed by atoms with van der Waals surface area (Å²) in [6.45, 7) is 12.9. The summed E-state index contributed by atoms with van der Waals surface area (Å²) >= 11 is 0. The SMILES string of the molecule is Cc1nc(NCc2cccc(C(F)(F)F)c2C)c2cc(P(C)C)c(NC(=O)OC(C)(C)C)cc2n1. The molecule has 0 saturated heterocycles. The number of rotatable bonds is 5. The summed E-state index contributed by atoms with van der Waals surface area (Å²) in [5.41, 5.74) is 0.636. The first-order valence-corrected chi connectivity index (χ1v) is 13.3. The number of ether oxygens (including phenoxy) is 1. The summed E-state index contributed by atoms with van der Waals surface area (Å²) < 4.78 is 45.3. The fraction of sp³-hybridized carbons (Fsp3) is 0.400. The maximum absolute atomic E-state index is 13.3. The van der Waals surface area contributed by atoms with E-state index in [0.29, 0.717) is 28.4 Å². The molecule has 2 N–H and O–H groups in total. The van der Waals surface area contributed by atoms with E-state index in [9.17, 15) is 18.0 Å². The number of aromatic nitrogens is 2. The van der Waals surface area contributed by atoms with Crippen molar-refractivity contribution in [3.05, 3.63) is 52.8 Å². The first-order chi connectivity index (χ1) is 16.2. The first-order valence-electron chi connectivity index (χ1n) is 11.0. The first kappa shape index (κ1) is 26.7. The van der Waals surface area contributed by atoms with Gasteiger partial charge in [0.25, 0.3) is 0 Å². The molecule has 2 aromatic carbocycles. The van der Waals surface area contributed by atoms with Gasteiger partial charge in [0, 0.05) is 11.9 Å². The van der Waals surface area contributed by atoms with Crippen molar-refractivity contribution in [1.29, 1.82) is 0 Å². The molecule has 0 aliphatic rings. The van der Waals surface area contributed by atoms with E-state index in [1.54, 1.807) is 39.8 Å². The van der Waals surface area contributed by atoms with Crippen LogP contribution >= 0.6 is 7.92 Å². The molecule has 188 valence electrons. The van der Waals surface area contributed by atoms with Crippen molar-refractivity contribution in [2.24, 2.45) is 0 Å². The zero-order chi connectivity index (χ0) is 26.1. The second-order valence-corrected chi connectivity index (χ2v) is 11.7. The van der Waals surface area contributed by atoms with Gasteiger partial charge in [-0.1, -0.05) is 20.1 Å². The Kier molecular flexibility index (Phi) is 7.60. The van der Waals surface area contributed by atoms with Crippen molar-refractivity contribution in [2.75, 3.05) is 24.0 Å². The van der Waals surface area contributed by atoms with Gasteiger partial charge in [0.05, 0.1) is 16.8 Å². The third-order valence-electron chi connectivity index (χ3n) is 5.24. The molecule has 0 spiro atoms. The van der Waals surface area contributed by atoms with Crippen molar-refractivity contribution in [3.8, 4) is 0 Å². The Hall–Kier alpha value is -2.93. The average molecular weight is 507 g/mol. The molecule has 0 aliphatic carbocycles. The maximum Gasteiger partial charge on any atom is 0.416 e. The zero-order valence-electron chi connectivity index (χ0n) is 20.9. The van der Waals surface area contributed by atoms with Crippen LogP contribution in [0.1, 0.15) is 43.3 Å². The highest BCUT2D eigenvalue weighted by atomic mass is 31.1. The van der Waals surface area contributed by atoms with Crippen LogP contribution in [0, 0.1) is 13.8 Å². The summed E-state index contributed by atoms with van der Waals surface area (Å²) in [5.74, 6) is 1.01. The molecule has 6 nitrogen and oxygen atoms in total. The van der Waals surface area contributed by atoms with Crippen LogP contribution in [0.4, 0.5) is 29.5 Å². The highest BCUT2D eigenvalue weighted by Crippen LogP contribution is 2.35. The third-order valence-corrected chi connectivity index (χ3v) is 6.57. The summed E-state index contributed by atoms with van der Waals surface area (Å²) in [5, 5.41) is 7.68. The van der Waals surface area contributed by atoms with E-state index in [-0.39, 0.29) is 12.1 Å². The fourth-order valence-corrected chi connectivity index (χ4v) is 4.65. The van der Waals surface area contributed by atoms with Gasteiger partial charge in [0.2, 0.25) is 0 Å². The Balaban J connectivity index is 1.99. The zero-order valence-corrected chi connectivity index (χ0v) is 21.8. The summed E-state index contributed by atoms with van der Waals surface area (Å²) in [4.78, 5) is 21.4. The second-order valence-electron chi connectivity index (χ2n) is 9.47. The lowest BCUT2D eigenvalue weighted by Crippen LogP contribution is -2.28. The summed E-state index contributed by atoms with van der Waals surface area (Å²) in [6, 6.07) is 7.86. The lowest BCUT2D eigenvalue weighted by atomic mass is 10.0. The molecule has 1 aromatic heterocycles. The quantitative estimate of drug-likeness (QED) is 0.382. The summed E-state index contributed by atoms with van der Waals surface area (Å²) in [7, 11) is -0.628. The van der Waals surface area contributed by atoms with Gasteiger partial charge in [0.15, 0.2) is 0 Å². The predicted molar refractivity (Wildman–Crippen MR) is 136 cm³/mol. The monoisotopic (exact) mass is 506 g/mol. The minimum absolute atomic E-state index is 0.168. The van der Waals surface area contributed by atoms with Crippen LogP contribution in [0.2, 0.25) is 0 Å². The largest absolute Gasteiger partial charge is 0.444 e. The van der Waals surface area contributed by atoms with Crippen LogP contribution in [0.3, 0.4) is 0 Å². The minimum atomic E-state index is -4.41. The number of fused-ring (bicyclic) bond motifs is 1. The van der Waals surface area contributed by atoms with Gasteiger partial charge in [-0.3, -0.25) is 5.32 Å². The van der Waals surface area contributed by atoms with Crippen LogP contribution in [-0.4, -0.2) is 35.0 Å². The average Bonchev–Trinajstić information content (AvgIpc) is 2.69. The predicted octanol–water partition coefficient (Wildman–Crippen LogP) is 6.59. The van der Waals surface area contributed by atoms with Gasteiger partial charge in [-0.05, 0) is 82.6 Å². The minimum Gasteiger partial charge on any atom is -0.444 e. The number of carbonyl (C=O) groups excluding carboxylic acids is 1. The van der Waals surface area contributed by atoms with Crippen molar-refractivity contribution in [2.45, 2.75) is 52.9 Å². The molecule has 0 unspecified atom stereocenters. The Bertz CT molecular complexity index is 1250. The van der Waals surface area contributed by atoms with Crippen LogP contribution in [-0.2, 0) is 17.5 Å². The number of nitrogens with zero attached hydrogens (tertiary/aromatic N) is 2. The van der Waals surface area contributed by atoms with Gasteiger partial charge in [-0.15, -0.1) is 0 Å². The molecule has 0 atom stereocenters. The molecular weight excluding hydrogens is 476 g/mol. The van der Waals surface area contributed by atoms with Crippen LogP contribution in [0.5, 0.6) is 0 Å². The lowest BCUT2D eigenvalue weighted by Gasteiger charge is -2.22. The highest BCUT2D eigenvalue weighted by molar-refractivity contribution is 7.64. The number of aryl methyl sites for hydroxylation is 1. The van der Waals surface area contributed by atoms with Crippen molar-refractivity contribution >= 4 is 41.7 Å². The Morgan fingerprint density at radius 1 is 1.09 bits per heavy atom. The normalized spacial score (nSPS) is 12.2. The Morgan fingerprint density at radius 3 is 2.37 bits per heavy atom. The molecule has 1 amide bonds. The van der Waals surface area contributed by atoms with Crippen LogP contribution in [0.25, 0.3) is 10.9 Å². The molecule has 0 fully saturated rings. The number of alkyl halides is 3. The number of amides is 1. The molecular formula is C25H30F3N4O2P. The third kappa shape index (κ3) is 6.60. The van der Waals surface area contributed by atoms with Crippen molar-refractivity contribution < 1.29 is 22.7 Å². The number of benzene rings is 2. The topological polar surface area (TPSA) is 76.1 Å².